The van der Waals surface area contributed by atoms with Crippen molar-refractivity contribution in [2.45, 2.75) is 59.2 Å². The summed E-state index contributed by atoms with van der Waals surface area (Å²) in [7, 11) is 0. The Kier molecular flexibility index (Phi) is 9.38. The van der Waals surface area contributed by atoms with E-state index in [0.29, 0.717) is 11.3 Å². The van der Waals surface area contributed by atoms with Crippen LogP contribution in [-0.4, -0.2) is 40.2 Å². The first-order valence-corrected chi connectivity index (χ1v) is 11.8. The number of ether oxygens (including phenoxy) is 1. The molecule has 0 bridgehead atoms. The molecule has 2 atom stereocenters. The molecule has 7 nitrogen and oxygen atoms in total. The zero-order valence-electron chi connectivity index (χ0n) is 21.0. The zero-order chi connectivity index (χ0) is 26.3. The minimum Gasteiger partial charge on any atom is -0.444 e. The van der Waals surface area contributed by atoms with Gasteiger partial charge in [-0.05, 0) is 64.3 Å². The first kappa shape index (κ1) is 27.8. The maximum Gasteiger partial charge on any atom is 0.408 e. The molecule has 8 heteroatoms. The maximum absolute atomic E-state index is 13.6. The van der Waals surface area contributed by atoms with Crippen molar-refractivity contribution in [2.75, 3.05) is 11.1 Å². The number of carbonyl (C=O) groups is 3. The van der Waals surface area contributed by atoms with Crippen LogP contribution >= 0.6 is 12.6 Å². The highest BCUT2D eigenvalue weighted by molar-refractivity contribution is 7.80. The predicted octanol–water partition coefficient (Wildman–Crippen LogP) is 4.53. The highest BCUT2D eigenvalue weighted by Crippen LogP contribution is 2.28. The van der Waals surface area contributed by atoms with Crippen LogP contribution in [0.5, 0.6) is 0 Å². The van der Waals surface area contributed by atoms with Gasteiger partial charge in [-0.1, -0.05) is 48.4 Å². The van der Waals surface area contributed by atoms with Crippen LogP contribution in [0.25, 0.3) is 0 Å². The third-order valence-corrected chi connectivity index (χ3v) is 5.55. The second kappa shape index (κ2) is 11.8. The minimum atomic E-state index is -1.14. The molecule has 0 heterocycles. The number of hydrogen-bond donors (Lipinski definition) is 3. The molecule has 0 aliphatic carbocycles. The molecule has 186 valence electrons. The number of carbonyl (C=O) groups excluding carboxylic acids is 3. The topological polar surface area (TPSA) is 87.7 Å². The van der Waals surface area contributed by atoms with E-state index in [-0.39, 0.29) is 5.75 Å². The lowest BCUT2D eigenvalue weighted by Gasteiger charge is -2.31. The van der Waals surface area contributed by atoms with Gasteiger partial charge in [0.05, 0.1) is 0 Å². The number of nitrogens with one attached hydrogen (secondary N) is 2. The number of amides is 3. The van der Waals surface area contributed by atoms with Crippen molar-refractivity contribution in [3.63, 3.8) is 0 Å². The fourth-order valence-electron chi connectivity index (χ4n) is 3.43. The Bertz CT molecular complexity index is 1130. The van der Waals surface area contributed by atoms with Gasteiger partial charge in [-0.3, -0.25) is 14.5 Å². The van der Waals surface area contributed by atoms with Gasteiger partial charge in [-0.2, -0.15) is 12.6 Å². The number of hydrogen-bond acceptors (Lipinski definition) is 5. The summed E-state index contributed by atoms with van der Waals surface area (Å²) in [6.07, 6.45) is 5.01. The fraction of sp³-hybridized carbons (Fsp3) is 0.370. The van der Waals surface area contributed by atoms with Gasteiger partial charge in [-0.15, -0.1) is 0 Å². The van der Waals surface area contributed by atoms with Crippen molar-refractivity contribution < 1.29 is 19.1 Å². The van der Waals surface area contributed by atoms with Crippen LogP contribution < -0.4 is 10.6 Å². The van der Waals surface area contributed by atoms with Crippen molar-refractivity contribution in [3.8, 4) is 12.5 Å². The molecule has 0 saturated heterocycles. The van der Waals surface area contributed by atoms with Crippen molar-refractivity contribution >= 4 is 36.2 Å². The molecular formula is C27H33N3O4S. The Morgan fingerprint density at radius 1 is 1.09 bits per heavy atom. The Morgan fingerprint density at radius 3 is 2.31 bits per heavy atom. The van der Waals surface area contributed by atoms with Crippen LogP contribution in [0.2, 0.25) is 0 Å². The zero-order valence-corrected chi connectivity index (χ0v) is 21.9. The van der Waals surface area contributed by atoms with Gasteiger partial charge in [0.1, 0.15) is 17.7 Å². The highest BCUT2D eigenvalue weighted by Gasteiger charge is 2.36. The third-order valence-electron chi connectivity index (χ3n) is 5.19. The number of anilines is 1. The van der Waals surface area contributed by atoms with E-state index in [9.17, 15) is 14.4 Å². The molecule has 35 heavy (non-hydrogen) atoms. The van der Waals surface area contributed by atoms with E-state index in [4.69, 9.17) is 11.2 Å². The van der Waals surface area contributed by atoms with E-state index in [1.54, 1.807) is 32.9 Å². The van der Waals surface area contributed by atoms with Crippen LogP contribution in [0, 0.1) is 33.2 Å². The Hall–Kier alpha value is -3.44. The van der Waals surface area contributed by atoms with Gasteiger partial charge in [0, 0.05) is 17.5 Å². The van der Waals surface area contributed by atoms with E-state index >= 15 is 0 Å². The molecule has 0 saturated carbocycles. The minimum absolute atomic E-state index is 0.0464. The normalized spacial score (nSPS) is 12.6. The SMILES string of the molecule is C#CN(C(=O)C(CS)NC(=O)OC(C)(C)C)C(C(=O)Nc1ccccc1C)c1cc(C)ccc1C. The summed E-state index contributed by atoms with van der Waals surface area (Å²) < 4.78 is 5.27. The van der Waals surface area contributed by atoms with Crippen LogP contribution in [0.1, 0.15) is 49.1 Å². The molecule has 2 N–H and O–H groups in total. The monoisotopic (exact) mass is 495 g/mol. The second-order valence-corrected chi connectivity index (χ2v) is 9.65. The van der Waals surface area contributed by atoms with E-state index < -0.39 is 35.6 Å². The number of nitrogens with zero attached hydrogens (tertiary/aromatic N) is 1. The summed E-state index contributed by atoms with van der Waals surface area (Å²) in [4.78, 5) is 40.5. The molecule has 0 aliphatic heterocycles. The molecular weight excluding hydrogens is 462 g/mol. The maximum atomic E-state index is 13.6. The average molecular weight is 496 g/mol. The molecule has 0 radical (unpaired) electrons. The van der Waals surface area contributed by atoms with Gasteiger partial charge in [-0.25, -0.2) is 4.79 Å². The number of terminal acetylenes is 1. The second-order valence-electron chi connectivity index (χ2n) is 9.29. The molecule has 3 amide bonds. The molecule has 2 aromatic rings. The van der Waals surface area contributed by atoms with E-state index in [2.05, 4.69) is 29.3 Å². The lowest BCUT2D eigenvalue weighted by Crippen LogP contribution is -2.51. The summed E-state index contributed by atoms with van der Waals surface area (Å²) in [6.45, 7) is 10.7. The fourth-order valence-corrected chi connectivity index (χ4v) is 3.68. The van der Waals surface area contributed by atoms with Crippen molar-refractivity contribution in [1.82, 2.24) is 10.2 Å². The van der Waals surface area contributed by atoms with Crippen LogP contribution in [0.3, 0.4) is 0 Å². The standard InChI is InChI=1S/C27H33N3O4S/c1-8-30(25(32)22(16-35)29-26(33)34-27(5,6)7)23(20-15-17(2)13-14-18(20)3)24(31)28-21-12-10-9-11-19(21)4/h1,9-15,22-23,35H,16H2,2-7H3,(H,28,31)(H,29,33). The number of thiol groups is 1. The largest absolute Gasteiger partial charge is 0.444 e. The van der Waals surface area contributed by atoms with Crippen molar-refractivity contribution in [1.29, 1.82) is 0 Å². The first-order chi connectivity index (χ1) is 16.4. The van der Waals surface area contributed by atoms with Gasteiger partial charge >= 0.3 is 6.09 Å². The summed E-state index contributed by atoms with van der Waals surface area (Å²) in [5.74, 6) is -1.18. The number of aryl methyl sites for hydroxylation is 3. The van der Waals surface area contributed by atoms with E-state index in [1.807, 2.05) is 51.1 Å². The molecule has 0 fully saturated rings. The van der Waals surface area contributed by atoms with Gasteiger partial charge in [0.2, 0.25) is 0 Å². The van der Waals surface area contributed by atoms with Gasteiger partial charge in [0.25, 0.3) is 11.8 Å². The lowest BCUT2D eigenvalue weighted by atomic mass is 9.96. The summed E-state index contributed by atoms with van der Waals surface area (Å²) in [6, 6.07) is 13.0. The van der Waals surface area contributed by atoms with E-state index in [0.717, 1.165) is 21.6 Å². The predicted molar refractivity (Wildman–Crippen MR) is 141 cm³/mol. The smallest absolute Gasteiger partial charge is 0.408 e. The molecule has 2 aromatic carbocycles. The molecule has 0 spiro atoms. The summed E-state index contributed by atoms with van der Waals surface area (Å²) in [5.41, 5.74) is 2.98. The number of benzene rings is 2. The van der Waals surface area contributed by atoms with Crippen molar-refractivity contribution in [2.24, 2.45) is 0 Å². The Labute approximate surface area is 213 Å². The number of alkyl carbamates (subject to hydrolysis) is 1. The highest BCUT2D eigenvalue weighted by atomic mass is 32.1. The first-order valence-electron chi connectivity index (χ1n) is 11.2. The van der Waals surface area contributed by atoms with E-state index in [1.165, 1.54) is 0 Å². The Balaban J connectivity index is 2.47. The van der Waals surface area contributed by atoms with Crippen LogP contribution in [0.4, 0.5) is 10.5 Å². The summed E-state index contributed by atoms with van der Waals surface area (Å²) in [5, 5.41) is 5.41. The Morgan fingerprint density at radius 2 is 1.74 bits per heavy atom. The van der Waals surface area contributed by atoms with Crippen molar-refractivity contribution in [3.05, 3.63) is 64.7 Å². The molecule has 0 aromatic heterocycles. The van der Waals surface area contributed by atoms with Gasteiger partial charge in [0.15, 0.2) is 0 Å². The van der Waals surface area contributed by atoms with Gasteiger partial charge < -0.3 is 15.4 Å². The average Bonchev–Trinajstić information content (AvgIpc) is 2.77. The number of para-hydroxylation sites is 1. The molecule has 0 aliphatic rings. The number of rotatable bonds is 7. The van der Waals surface area contributed by atoms with Crippen LogP contribution in [-0.2, 0) is 14.3 Å². The third kappa shape index (κ3) is 7.52. The summed E-state index contributed by atoms with van der Waals surface area (Å²) >= 11 is 4.23. The quantitative estimate of drug-likeness (QED) is 0.299. The molecule has 2 rings (SSSR count). The molecule has 2 unspecified atom stereocenters. The lowest BCUT2D eigenvalue weighted by molar-refractivity contribution is -0.136. The van der Waals surface area contributed by atoms with Crippen LogP contribution in [0.15, 0.2) is 42.5 Å².